The molecule has 1 aromatic heterocycles. The maximum absolute atomic E-state index is 12.2. The van der Waals surface area contributed by atoms with E-state index >= 15 is 0 Å². The molecule has 7 nitrogen and oxygen atoms in total. The van der Waals surface area contributed by atoms with Crippen LogP contribution < -0.4 is 5.73 Å². The summed E-state index contributed by atoms with van der Waals surface area (Å²) in [6.45, 7) is 8.50. The van der Waals surface area contributed by atoms with Crippen molar-refractivity contribution in [1.29, 1.82) is 0 Å². The average Bonchev–Trinajstić information content (AvgIpc) is 2.79. The molecule has 2 heterocycles. The van der Waals surface area contributed by atoms with Gasteiger partial charge in [0.05, 0.1) is 17.3 Å². The first-order valence-electron chi connectivity index (χ1n) is 7.51. The lowest BCUT2D eigenvalue weighted by Gasteiger charge is -2.34. The molecule has 2 N–H and O–H groups in total. The number of likely N-dealkylation sites (tertiary alicyclic amines) is 1. The van der Waals surface area contributed by atoms with Crippen molar-refractivity contribution in [2.75, 3.05) is 13.1 Å². The van der Waals surface area contributed by atoms with Gasteiger partial charge >= 0.3 is 6.09 Å². The van der Waals surface area contributed by atoms with Gasteiger partial charge in [0.25, 0.3) is 5.91 Å². The molecular weight excluding hydrogens is 284 g/mol. The van der Waals surface area contributed by atoms with Gasteiger partial charge in [-0.25, -0.2) is 4.79 Å². The molecule has 7 heteroatoms. The van der Waals surface area contributed by atoms with Crippen molar-refractivity contribution in [3.63, 3.8) is 0 Å². The van der Waals surface area contributed by atoms with Crippen molar-refractivity contribution in [2.24, 2.45) is 5.73 Å². The number of ether oxygens (including phenoxy) is 1. The number of rotatable bonds is 2. The molecular formula is C15H24N4O3. The van der Waals surface area contributed by atoms with Crippen LogP contribution in [-0.2, 0) is 4.74 Å². The highest BCUT2D eigenvalue weighted by atomic mass is 16.6. The summed E-state index contributed by atoms with van der Waals surface area (Å²) in [4.78, 5) is 25.2. The quantitative estimate of drug-likeness (QED) is 0.903. The topological polar surface area (TPSA) is 90.4 Å². The van der Waals surface area contributed by atoms with Gasteiger partial charge in [-0.05, 0) is 40.5 Å². The van der Waals surface area contributed by atoms with Crippen LogP contribution in [0, 0.1) is 6.92 Å². The fraction of sp³-hybridized carbons (Fsp3) is 0.667. The molecule has 1 aromatic rings. The highest BCUT2D eigenvalue weighted by molar-refractivity contribution is 5.93. The molecule has 2 amide bonds. The van der Waals surface area contributed by atoms with E-state index in [1.54, 1.807) is 22.7 Å². The number of primary amides is 1. The van der Waals surface area contributed by atoms with E-state index in [1.807, 2.05) is 20.8 Å². The Hall–Kier alpha value is -2.05. The van der Waals surface area contributed by atoms with Crippen LogP contribution in [-0.4, -0.2) is 45.4 Å². The Balaban J connectivity index is 2.09. The number of aromatic nitrogens is 2. The third-order valence-corrected chi connectivity index (χ3v) is 3.60. The number of piperidine rings is 1. The summed E-state index contributed by atoms with van der Waals surface area (Å²) < 4.78 is 7.15. The van der Waals surface area contributed by atoms with Gasteiger partial charge < -0.3 is 15.4 Å². The zero-order valence-electron chi connectivity index (χ0n) is 13.6. The molecule has 0 aliphatic carbocycles. The number of amides is 2. The van der Waals surface area contributed by atoms with Crippen molar-refractivity contribution in [3.8, 4) is 0 Å². The summed E-state index contributed by atoms with van der Waals surface area (Å²) in [5.41, 5.74) is 5.86. The summed E-state index contributed by atoms with van der Waals surface area (Å²) in [5.74, 6) is -0.483. The number of carbonyl (C=O) groups is 2. The molecule has 0 bridgehead atoms. The number of nitrogens with zero attached hydrogens (tertiary/aromatic N) is 3. The molecule has 22 heavy (non-hydrogen) atoms. The first-order chi connectivity index (χ1) is 10.2. The largest absolute Gasteiger partial charge is 0.444 e. The molecule has 0 saturated carbocycles. The zero-order valence-corrected chi connectivity index (χ0v) is 13.6. The van der Waals surface area contributed by atoms with Gasteiger partial charge in [-0.15, -0.1) is 0 Å². The minimum Gasteiger partial charge on any atom is -0.444 e. The van der Waals surface area contributed by atoms with E-state index in [4.69, 9.17) is 10.5 Å². The lowest BCUT2D eigenvalue weighted by atomic mass is 10.1. The van der Waals surface area contributed by atoms with Crippen LogP contribution in [0.4, 0.5) is 4.79 Å². The van der Waals surface area contributed by atoms with Crippen molar-refractivity contribution >= 4 is 12.0 Å². The lowest BCUT2D eigenvalue weighted by molar-refractivity contribution is 0.0167. The smallest absolute Gasteiger partial charge is 0.410 e. The maximum atomic E-state index is 12.2. The maximum Gasteiger partial charge on any atom is 0.410 e. The van der Waals surface area contributed by atoms with Crippen LogP contribution >= 0.6 is 0 Å². The second kappa shape index (κ2) is 5.98. The van der Waals surface area contributed by atoms with Crippen LogP contribution in [0.1, 0.15) is 55.7 Å². The van der Waals surface area contributed by atoms with E-state index in [1.165, 1.54) is 0 Å². The second-order valence-corrected chi connectivity index (χ2v) is 6.69. The van der Waals surface area contributed by atoms with E-state index in [0.717, 1.165) is 12.8 Å². The van der Waals surface area contributed by atoms with Crippen LogP contribution in [0.15, 0.2) is 6.20 Å². The SMILES string of the molecule is Cc1nn(C2CCCN(C(=O)OC(C)(C)C)C2)cc1C(N)=O. The summed E-state index contributed by atoms with van der Waals surface area (Å²) in [5, 5.41) is 4.36. The Morgan fingerprint density at radius 2 is 2.09 bits per heavy atom. The Bertz CT molecular complexity index is 574. The monoisotopic (exact) mass is 308 g/mol. The van der Waals surface area contributed by atoms with Gasteiger partial charge in [0, 0.05) is 19.3 Å². The summed E-state index contributed by atoms with van der Waals surface area (Å²) in [6.07, 6.45) is 3.13. The number of nitrogens with two attached hydrogens (primary N) is 1. The standard InChI is InChI=1S/C15H24N4O3/c1-10-12(13(16)20)9-19(17-10)11-6-5-7-18(8-11)14(21)22-15(2,3)4/h9,11H,5-8H2,1-4H3,(H2,16,20). The molecule has 122 valence electrons. The van der Waals surface area contributed by atoms with Crippen LogP contribution in [0.3, 0.4) is 0 Å². The molecule has 1 aliphatic rings. The molecule has 0 aromatic carbocycles. The zero-order chi connectivity index (χ0) is 16.5. The van der Waals surface area contributed by atoms with E-state index < -0.39 is 11.5 Å². The van der Waals surface area contributed by atoms with Gasteiger partial charge in [-0.1, -0.05) is 0 Å². The first-order valence-corrected chi connectivity index (χ1v) is 7.51. The van der Waals surface area contributed by atoms with Crippen molar-refractivity contribution in [1.82, 2.24) is 14.7 Å². The van der Waals surface area contributed by atoms with E-state index in [-0.39, 0.29) is 12.1 Å². The highest BCUT2D eigenvalue weighted by Gasteiger charge is 2.29. The van der Waals surface area contributed by atoms with Crippen LogP contribution in [0.2, 0.25) is 0 Å². The second-order valence-electron chi connectivity index (χ2n) is 6.69. The lowest BCUT2D eigenvalue weighted by Crippen LogP contribution is -2.43. The fourth-order valence-corrected chi connectivity index (χ4v) is 2.57. The van der Waals surface area contributed by atoms with Gasteiger partial charge in [0.1, 0.15) is 5.60 Å². The number of hydrogen-bond donors (Lipinski definition) is 1. The number of hydrogen-bond acceptors (Lipinski definition) is 4. The number of aryl methyl sites for hydroxylation is 1. The number of carbonyl (C=O) groups excluding carboxylic acids is 2. The molecule has 1 atom stereocenters. The minimum absolute atomic E-state index is 0.0352. The van der Waals surface area contributed by atoms with E-state index in [2.05, 4.69) is 5.10 Å². The molecule has 1 unspecified atom stereocenters. The van der Waals surface area contributed by atoms with Gasteiger partial charge in [-0.2, -0.15) is 5.10 Å². The molecule has 1 aliphatic heterocycles. The fourth-order valence-electron chi connectivity index (χ4n) is 2.57. The van der Waals surface area contributed by atoms with Crippen LogP contribution in [0.5, 0.6) is 0 Å². The molecule has 0 spiro atoms. The Labute approximate surface area is 130 Å². The minimum atomic E-state index is -0.508. The third-order valence-electron chi connectivity index (χ3n) is 3.60. The predicted octanol–water partition coefficient (Wildman–Crippen LogP) is 1.86. The van der Waals surface area contributed by atoms with Gasteiger partial charge in [0.2, 0.25) is 0 Å². The Kier molecular flexibility index (Phi) is 4.44. The summed E-state index contributed by atoms with van der Waals surface area (Å²) in [7, 11) is 0. The van der Waals surface area contributed by atoms with Crippen molar-refractivity contribution in [2.45, 2.75) is 52.2 Å². The summed E-state index contributed by atoms with van der Waals surface area (Å²) in [6, 6.07) is 0.0352. The summed E-state index contributed by atoms with van der Waals surface area (Å²) >= 11 is 0. The van der Waals surface area contributed by atoms with Crippen molar-refractivity contribution in [3.05, 3.63) is 17.5 Å². The normalized spacial score (nSPS) is 19.1. The van der Waals surface area contributed by atoms with Gasteiger partial charge in [0.15, 0.2) is 0 Å². The molecule has 1 saturated heterocycles. The highest BCUT2D eigenvalue weighted by Crippen LogP contribution is 2.23. The molecule has 1 fully saturated rings. The first kappa shape index (κ1) is 16.3. The van der Waals surface area contributed by atoms with Gasteiger partial charge in [-0.3, -0.25) is 9.48 Å². The van der Waals surface area contributed by atoms with Crippen LogP contribution in [0.25, 0.3) is 0 Å². The molecule has 0 radical (unpaired) electrons. The van der Waals surface area contributed by atoms with Crippen molar-refractivity contribution < 1.29 is 14.3 Å². The van der Waals surface area contributed by atoms with E-state index in [9.17, 15) is 9.59 Å². The van der Waals surface area contributed by atoms with E-state index in [0.29, 0.717) is 24.3 Å². The molecule has 2 rings (SSSR count). The average molecular weight is 308 g/mol. The Morgan fingerprint density at radius 1 is 1.41 bits per heavy atom. The predicted molar refractivity (Wildman–Crippen MR) is 81.6 cm³/mol. The third kappa shape index (κ3) is 3.78. The Morgan fingerprint density at radius 3 is 2.64 bits per heavy atom.